The van der Waals surface area contributed by atoms with Gasteiger partial charge in [0.15, 0.2) is 0 Å². The molecule has 5 nitrogen and oxygen atoms in total. The average Bonchev–Trinajstić information content (AvgIpc) is 2.73. The molecule has 0 spiro atoms. The summed E-state index contributed by atoms with van der Waals surface area (Å²) in [4.78, 5) is 24.3. The van der Waals surface area contributed by atoms with Gasteiger partial charge in [0.05, 0.1) is 0 Å². The van der Waals surface area contributed by atoms with Crippen molar-refractivity contribution in [3.05, 3.63) is 60.2 Å². The number of carbonyl (C=O) groups excluding carboxylic acids is 2. The molecule has 0 aliphatic heterocycles. The first kappa shape index (κ1) is 19.0. The summed E-state index contributed by atoms with van der Waals surface area (Å²) in [6, 6.07) is 16.5. The average molecular weight is 366 g/mol. The van der Waals surface area contributed by atoms with Crippen LogP contribution < -0.4 is 15.4 Å². The molecule has 1 fully saturated rings. The van der Waals surface area contributed by atoms with Crippen molar-refractivity contribution in [3.8, 4) is 11.5 Å². The molecule has 2 aromatic rings. The van der Waals surface area contributed by atoms with E-state index >= 15 is 0 Å². The Labute approximate surface area is 160 Å². The second-order valence-electron chi connectivity index (χ2n) is 6.82. The Hall–Kier alpha value is -2.82. The molecule has 1 saturated carbocycles. The smallest absolute Gasteiger partial charge is 0.251 e. The van der Waals surface area contributed by atoms with E-state index in [-0.39, 0.29) is 17.7 Å². The predicted molar refractivity (Wildman–Crippen MR) is 105 cm³/mol. The molecule has 5 heteroatoms. The fourth-order valence-electron chi connectivity index (χ4n) is 3.27. The van der Waals surface area contributed by atoms with Gasteiger partial charge in [-0.05, 0) is 49.2 Å². The Balaban J connectivity index is 1.39. The van der Waals surface area contributed by atoms with Crippen molar-refractivity contribution < 1.29 is 14.3 Å². The van der Waals surface area contributed by atoms with Crippen LogP contribution >= 0.6 is 0 Å². The van der Waals surface area contributed by atoms with Crippen LogP contribution in [-0.4, -0.2) is 24.9 Å². The zero-order chi connectivity index (χ0) is 18.9. The highest BCUT2D eigenvalue weighted by atomic mass is 16.5. The van der Waals surface area contributed by atoms with Gasteiger partial charge in [0.1, 0.15) is 11.5 Å². The highest BCUT2D eigenvalue weighted by Crippen LogP contribution is 2.23. The van der Waals surface area contributed by atoms with E-state index in [0.717, 1.165) is 31.4 Å². The standard InChI is InChI=1S/C22H26N2O3/c25-21(17-7-3-1-4-8-17)23-15-16-24-22(26)18-11-13-20(14-12-18)27-19-9-5-2-6-10-19/h2,5-6,9-14,17H,1,3-4,7-8,15-16H2,(H,23,25)(H,24,26). The molecule has 1 aliphatic rings. The molecule has 142 valence electrons. The maximum absolute atomic E-state index is 12.2. The van der Waals surface area contributed by atoms with Crippen molar-refractivity contribution in [2.24, 2.45) is 5.92 Å². The number of benzene rings is 2. The molecule has 0 unspecified atom stereocenters. The molecule has 3 rings (SSSR count). The summed E-state index contributed by atoms with van der Waals surface area (Å²) in [6.07, 6.45) is 5.47. The molecule has 1 aliphatic carbocycles. The first-order valence-corrected chi connectivity index (χ1v) is 9.61. The van der Waals surface area contributed by atoms with Gasteiger partial charge in [-0.3, -0.25) is 9.59 Å². The molecule has 0 radical (unpaired) electrons. The third kappa shape index (κ3) is 5.84. The Morgan fingerprint density at radius 2 is 1.44 bits per heavy atom. The summed E-state index contributed by atoms with van der Waals surface area (Å²) in [5, 5.41) is 5.75. The number of ether oxygens (including phenoxy) is 1. The molecule has 0 aromatic heterocycles. The van der Waals surface area contributed by atoms with Gasteiger partial charge in [-0.1, -0.05) is 37.5 Å². The number of hydrogen-bond acceptors (Lipinski definition) is 3. The van der Waals surface area contributed by atoms with Crippen LogP contribution in [0.5, 0.6) is 11.5 Å². The normalized spacial score (nSPS) is 14.4. The maximum Gasteiger partial charge on any atom is 0.251 e. The molecule has 2 amide bonds. The SMILES string of the molecule is O=C(NCCNC(=O)C1CCCCC1)c1ccc(Oc2ccccc2)cc1. The molecule has 0 saturated heterocycles. The zero-order valence-corrected chi connectivity index (χ0v) is 15.4. The van der Waals surface area contributed by atoms with Gasteiger partial charge >= 0.3 is 0 Å². The van der Waals surface area contributed by atoms with E-state index < -0.39 is 0 Å². The lowest BCUT2D eigenvalue weighted by atomic mass is 9.89. The van der Waals surface area contributed by atoms with Crippen LogP contribution in [0.25, 0.3) is 0 Å². The lowest BCUT2D eigenvalue weighted by molar-refractivity contribution is -0.125. The van der Waals surface area contributed by atoms with Gasteiger partial charge in [0.2, 0.25) is 5.91 Å². The van der Waals surface area contributed by atoms with Crippen molar-refractivity contribution in [2.45, 2.75) is 32.1 Å². The number of para-hydroxylation sites is 1. The van der Waals surface area contributed by atoms with Crippen LogP contribution in [0.15, 0.2) is 54.6 Å². The maximum atomic E-state index is 12.2. The van der Waals surface area contributed by atoms with Gasteiger partial charge in [0.25, 0.3) is 5.91 Å². The molecule has 2 N–H and O–H groups in total. The largest absolute Gasteiger partial charge is 0.457 e. The Kier molecular flexibility index (Phi) is 6.85. The van der Waals surface area contributed by atoms with Crippen molar-refractivity contribution in [1.29, 1.82) is 0 Å². The van der Waals surface area contributed by atoms with Gasteiger partial charge < -0.3 is 15.4 Å². The Morgan fingerprint density at radius 3 is 2.15 bits per heavy atom. The van der Waals surface area contributed by atoms with Crippen molar-refractivity contribution in [2.75, 3.05) is 13.1 Å². The first-order chi connectivity index (χ1) is 13.2. The van der Waals surface area contributed by atoms with Crippen molar-refractivity contribution in [3.63, 3.8) is 0 Å². The highest BCUT2D eigenvalue weighted by Gasteiger charge is 2.20. The van der Waals surface area contributed by atoms with Crippen LogP contribution in [-0.2, 0) is 4.79 Å². The third-order valence-corrected chi connectivity index (χ3v) is 4.78. The summed E-state index contributed by atoms with van der Waals surface area (Å²) in [5.41, 5.74) is 0.564. The summed E-state index contributed by atoms with van der Waals surface area (Å²) >= 11 is 0. The van der Waals surface area contributed by atoms with Gasteiger partial charge in [0, 0.05) is 24.6 Å². The molecule has 2 aromatic carbocycles. The minimum absolute atomic E-state index is 0.117. The molecule has 0 heterocycles. The van der Waals surface area contributed by atoms with E-state index in [4.69, 9.17) is 4.74 Å². The highest BCUT2D eigenvalue weighted by molar-refractivity contribution is 5.94. The second kappa shape index (κ2) is 9.76. The van der Waals surface area contributed by atoms with Gasteiger partial charge in [-0.15, -0.1) is 0 Å². The summed E-state index contributed by atoms with van der Waals surface area (Å²) in [7, 11) is 0. The number of rotatable bonds is 7. The molecular formula is C22H26N2O3. The van der Waals surface area contributed by atoms with Crippen LogP contribution in [0.3, 0.4) is 0 Å². The van der Waals surface area contributed by atoms with Crippen LogP contribution in [0.2, 0.25) is 0 Å². The van der Waals surface area contributed by atoms with E-state index in [1.54, 1.807) is 24.3 Å². The summed E-state index contributed by atoms with van der Waals surface area (Å²) in [5.74, 6) is 1.53. The van der Waals surface area contributed by atoms with E-state index in [2.05, 4.69) is 10.6 Å². The summed E-state index contributed by atoms with van der Waals surface area (Å²) in [6.45, 7) is 0.871. The van der Waals surface area contributed by atoms with Crippen LogP contribution in [0.1, 0.15) is 42.5 Å². The topological polar surface area (TPSA) is 67.4 Å². The monoisotopic (exact) mass is 366 g/mol. The number of amides is 2. The van der Waals surface area contributed by atoms with E-state index in [1.807, 2.05) is 30.3 Å². The number of nitrogens with one attached hydrogen (secondary N) is 2. The fraction of sp³-hybridized carbons (Fsp3) is 0.364. The zero-order valence-electron chi connectivity index (χ0n) is 15.4. The Morgan fingerprint density at radius 1 is 0.815 bits per heavy atom. The van der Waals surface area contributed by atoms with Crippen molar-refractivity contribution >= 4 is 11.8 Å². The number of carbonyl (C=O) groups is 2. The predicted octanol–water partition coefficient (Wildman–Crippen LogP) is 3.91. The van der Waals surface area contributed by atoms with Crippen LogP contribution in [0.4, 0.5) is 0 Å². The molecular weight excluding hydrogens is 340 g/mol. The minimum atomic E-state index is -0.159. The summed E-state index contributed by atoms with van der Waals surface area (Å²) < 4.78 is 5.72. The third-order valence-electron chi connectivity index (χ3n) is 4.78. The first-order valence-electron chi connectivity index (χ1n) is 9.61. The lowest BCUT2D eigenvalue weighted by Gasteiger charge is -2.20. The molecule has 0 bridgehead atoms. The quantitative estimate of drug-likeness (QED) is 0.730. The number of hydrogen-bond donors (Lipinski definition) is 2. The second-order valence-corrected chi connectivity index (χ2v) is 6.82. The van der Waals surface area contributed by atoms with Gasteiger partial charge in [-0.25, -0.2) is 0 Å². The van der Waals surface area contributed by atoms with Gasteiger partial charge in [-0.2, -0.15) is 0 Å². The minimum Gasteiger partial charge on any atom is -0.457 e. The van der Waals surface area contributed by atoms with E-state index in [1.165, 1.54) is 6.42 Å². The lowest BCUT2D eigenvalue weighted by Crippen LogP contribution is -2.38. The van der Waals surface area contributed by atoms with Crippen LogP contribution in [0, 0.1) is 5.92 Å². The fourth-order valence-corrected chi connectivity index (χ4v) is 3.27. The molecule has 0 atom stereocenters. The van der Waals surface area contributed by atoms with Crippen molar-refractivity contribution in [1.82, 2.24) is 10.6 Å². The molecule has 27 heavy (non-hydrogen) atoms. The van der Waals surface area contributed by atoms with E-state index in [0.29, 0.717) is 24.4 Å². The van der Waals surface area contributed by atoms with E-state index in [9.17, 15) is 9.59 Å². The Bertz CT molecular complexity index is 738.